The van der Waals surface area contributed by atoms with Crippen molar-refractivity contribution in [3.8, 4) is 28.4 Å². The molecule has 0 aliphatic carbocycles. The van der Waals surface area contributed by atoms with Crippen LogP contribution in [-0.2, 0) is 0 Å². The third-order valence-electron chi connectivity index (χ3n) is 4.91. The van der Waals surface area contributed by atoms with Gasteiger partial charge in [0.15, 0.2) is 29.3 Å². The number of ether oxygens (including phenoxy) is 3. The highest BCUT2D eigenvalue weighted by atomic mass is 16.5. The van der Waals surface area contributed by atoms with Gasteiger partial charge in [0.05, 0.1) is 25.2 Å². The van der Waals surface area contributed by atoms with Gasteiger partial charge in [0.1, 0.15) is 17.6 Å². The zero-order valence-corrected chi connectivity index (χ0v) is 17.1. The number of carbonyl (C=O) groups excluding carboxylic acids is 1. The van der Waals surface area contributed by atoms with E-state index in [1.54, 1.807) is 67.8 Å². The van der Waals surface area contributed by atoms with Gasteiger partial charge in [-0.1, -0.05) is 36.4 Å². The summed E-state index contributed by atoms with van der Waals surface area (Å²) in [6.07, 6.45) is 1.41. The summed E-state index contributed by atoms with van der Waals surface area (Å²) in [4.78, 5) is 25.2. The van der Waals surface area contributed by atoms with E-state index in [0.717, 1.165) is 0 Å². The first-order valence-corrected chi connectivity index (χ1v) is 9.59. The third kappa shape index (κ3) is 4.14. The lowest BCUT2D eigenvalue weighted by Gasteiger charge is -2.10. The zero-order valence-electron chi connectivity index (χ0n) is 17.1. The molecule has 4 aromatic rings. The Bertz CT molecular complexity index is 1290. The molecule has 0 unspecified atom stereocenters. The van der Waals surface area contributed by atoms with Crippen LogP contribution in [0, 0.1) is 0 Å². The topological polar surface area (TPSA) is 75.0 Å². The molecule has 31 heavy (non-hydrogen) atoms. The van der Waals surface area contributed by atoms with Crippen molar-refractivity contribution in [2.24, 2.45) is 0 Å². The first-order valence-electron chi connectivity index (χ1n) is 9.59. The van der Waals surface area contributed by atoms with Crippen molar-refractivity contribution in [3.05, 3.63) is 88.8 Å². The molecule has 1 aromatic heterocycles. The van der Waals surface area contributed by atoms with Gasteiger partial charge < -0.3 is 18.6 Å². The highest BCUT2D eigenvalue weighted by Gasteiger charge is 2.13. The molecule has 0 saturated heterocycles. The van der Waals surface area contributed by atoms with Crippen molar-refractivity contribution in [1.29, 1.82) is 0 Å². The van der Waals surface area contributed by atoms with Crippen molar-refractivity contribution in [3.63, 3.8) is 0 Å². The van der Waals surface area contributed by atoms with Crippen LogP contribution in [0.15, 0.2) is 82.2 Å². The third-order valence-corrected chi connectivity index (χ3v) is 4.91. The summed E-state index contributed by atoms with van der Waals surface area (Å²) in [6, 6.07) is 19.0. The Kier molecular flexibility index (Phi) is 5.71. The Morgan fingerprint density at radius 3 is 2.42 bits per heavy atom. The molecular formula is C25H20O6. The van der Waals surface area contributed by atoms with E-state index in [9.17, 15) is 9.59 Å². The number of hydrogen-bond acceptors (Lipinski definition) is 6. The number of carbonyl (C=O) groups is 1. The van der Waals surface area contributed by atoms with Gasteiger partial charge in [-0.3, -0.25) is 9.59 Å². The van der Waals surface area contributed by atoms with E-state index in [2.05, 4.69) is 0 Å². The normalized spacial score (nSPS) is 10.6. The Labute approximate surface area is 178 Å². The number of rotatable bonds is 7. The van der Waals surface area contributed by atoms with Gasteiger partial charge in [-0.05, 0) is 29.8 Å². The maximum absolute atomic E-state index is 13.0. The summed E-state index contributed by atoms with van der Waals surface area (Å²) < 4.78 is 21.9. The Morgan fingerprint density at radius 2 is 1.68 bits per heavy atom. The average molecular weight is 416 g/mol. The summed E-state index contributed by atoms with van der Waals surface area (Å²) in [6.45, 7) is -0.108. The minimum absolute atomic E-state index is 0.108. The van der Waals surface area contributed by atoms with Crippen LogP contribution in [0.1, 0.15) is 10.4 Å². The Balaban J connectivity index is 1.60. The molecule has 0 spiro atoms. The monoisotopic (exact) mass is 416 g/mol. The van der Waals surface area contributed by atoms with Gasteiger partial charge >= 0.3 is 0 Å². The largest absolute Gasteiger partial charge is 0.493 e. The van der Waals surface area contributed by atoms with Crippen LogP contribution in [0.25, 0.3) is 22.1 Å². The minimum atomic E-state index is -0.180. The van der Waals surface area contributed by atoms with E-state index >= 15 is 0 Å². The molecule has 6 nitrogen and oxygen atoms in total. The summed E-state index contributed by atoms with van der Waals surface area (Å²) in [7, 11) is 3.09. The molecule has 0 radical (unpaired) electrons. The predicted octanol–water partition coefficient (Wildman–Crippen LogP) is 4.74. The summed E-state index contributed by atoms with van der Waals surface area (Å²) in [5.41, 5.74) is 1.83. The molecule has 3 aromatic carbocycles. The summed E-state index contributed by atoms with van der Waals surface area (Å²) in [5.74, 6) is 1.40. The van der Waals surface area contributed by atoms with E-state index < -0.39 is 0 Å². The molecule has 0 N–H and O–H groups in total. The van der Waals surface area contributed by atoms with Crippen molar-refractivity contribution >= 4 is 16.8 Å². The maximum Gasteiger partial charge on any atom is 0.200 e. The van der Waals surface area contributed by atoms with Crippen LogP contribution in [0.2, 0.25) is 0 Å². The number of benzene rings is 3. The number of ketones is 1. The number of fused-ring (bicyclic) bond motifs is 1. The average Bonchev–Trinajstić information content (AvgIpc) is 2.82. The summed E-state index contributed by atoms with van der Waals surface area (Å²) in [5, 5.41) is 0.411. The standard InChI is InChI=1S/C25H20O6/c1-28-22-11-8-17(12-24(22)29-2)20-14-31-23-13-18(9-10-19(23)25(20)27)30-15-21(26)16-6-4-3-5-7-16/h3-14H,15H2,1-2H3. The number of Topliss-reactive ketones (excluding diaryl/α,β-unsaturated/α-hetero) is 1. The predicted molar refractivity (Wildman–Crippen MR) is 117 cm³/mol. The molecule has 0 aliphatic heterocycles. The molecule has 156 valence electrons. The quantitative estimate of drug-likeness (QED) is 0.405. The molecule has 0 bridgehead atoms. The Hall–Kier alpha value is -4.06. The fraction of sp³-hybridized carbons (Fsp3) is 0.120. The molecule has 6 heteroatoms. The van der Waals surface area contributed by atoms with Crippen molar-refractivity contribution in [2.45, 2.75) is 0 Å². The van der Waals surface area contributed by atoms with Crippen LogP contribution in [0.4, 0.5) is 0 Å². The molecule has 0 amide bonds. The van der Waals surface area contributed by atoms with Crippen LogP contribution < -0.4 is 19.6 Å². The van der Waals surface area contributed by atoms with Crippen LogP contribution in [-0.4, -0.2) is 26.6 Å². The van der Waals surface area contributed by atoms with Gasteiger partial charge in [-0.25, -0.2) is 0 Å². The second-order valence-electron chi connectivity index (χ2n) is 6.78. The Morgan fingerprint density at radius 1 is 0.903 bits per heavy atom. The molecule has 0 aliphatic rings. The molecule has 0 atom stereocenters. The smallest absolute Gasteiger partial charge is 0.200 e. The van der Waals surface area contributed by atoms with Crippen LogP contribution in [0.5, 0.6) is 17.2 Å². The van der Waals surface area contributed by atoms with Gasteiger partial charge in [0.25, 0.3) is 0 Å². The fourth-order valence-electron chi connectivity index (χ4n) is 3.26. The van der Waals surface area contributed by atoms with Gasteiger partial charge in [-0.2, -0.15) is 0 Å². The first-order chi connectivity index (χ1) is 15.1. The van der Waals surface area contributed by atoms with E-state index in [1.807, 2.05) is 6.07 Å². The lowest BCUT2D eigenvalue weighted by Crippen LogP contribution is -2.11. The minimum Gasteiger partial charge on any atom is -0.493 e. The van der Waals surface area contributed by atoms with E-state index in [0.29, 0.717) is 44.9 Å². The second-order valence-corrected chi connectivity index (χ2v) is 6.78. The van der Waals surface area contributed by atoms with E-state index in [1.165, 1.54) is 13.4 Å². The van der Waals surface area contributed by atoms with E-state index in [4.69, 9.17) is 18.6 Å². The van der Waals surface area contributed by atoms with Gasteiger partial charge in [0, 0.05) is 11.6 Å². The van der Waals surface area contributed by atoms with Crippen LogP contribution in [0.3, 0.4) is 0 Å². The van der Waals surface area contributed by atoms with Gasteiger partial charge in [0.2, 0.25) is 0 Å². The molecule has 0 fully saturated rings. The lowest BCUT2D eigenvalue weighted by atomic mass is 10.0. The first kappa shape index (κ1) is 20.2. The van der Waals surface area contributed by atoms with Crippen molar-refractivity contribution in [2.75, 3.05) is 20.8 Å². The van der Waals surface area contributed by atoms with Crippen molar-refractivity contribution in [1.82, 2.24) is 0 Å². The van der Waals surface area contributed by atoms with Crippen molar-refractivity contribution < 1.29 is 23.4 Å². The number of methoxy groups -OCH3 is 2. The highest BCUT2D eigenvalue weighted by molar-refractivity contribution is 5.97. The lowest BCUT2D eigenvalue weighted by molar-refractivity contribution is 0.0921. The molecule has 1 heterocycles. The zero-order chi connectivity index (χ0) is 21.8. The highest BCUT2D eigenvalue weighted by Crippen LogP contribution is 2.32. The molecule has 4 rings (SSSR count). The van der Waals surface area contributed by atoms with E-state index in [-0.39, 0.29) is 17.8 Å². The molecule has 0 saturated carbocycles. The summed E-state index contributed by atoms with van der Waals surface area (Å²) >= 11 is 0. The molecular weight excluding hydrogens is 396 g/mol. The fourth-order valence-corrected chi connectivity index (χ4v) is 3.26. The van der Waals surface area contributed by atoms with Gasteiger partial charge in [-0.15, -0.1) is 0 Å². The second kappa shape index (κ2) is 8.75. The number of hydrogen-bond donors (Lipinski definition) is 0. The maximum atomic E-state index is 13.0. The SMILES string of the molecule is COc1ccc(-c2coc3cc(OCC(=O)c4ccccc4)ccc3c2=O)cc1OC. The van der Waals surface area contributed by atoms with Crippen LogP contribution >= 0.6 is 0 Å².